The number of hydrogen-bond acceptors (Lipinski definition) is 1. The molecule has 1 heterocycles. The van der Waals surface area contributed by atoms with Crippen molar-refractivity contribution in [1.82, 2.24) is 0 Å². The number of fused-ring (bicyclic) bond motifs is 11. The van der Waals surface area contributed by atoms with Crippen LogP contribution in [0.15, 0.2) is 174 Å². The van der Waals surface area contributed by atoms with Crippen molar-refractivity contribution in [2.24, 2.45) is 0 Å². The van der Waals surface area contributed by atoms with Gasteiger partial charge in [0, 0.05) is 15.8 Å². The first-order valence-electron chi connectivity index (χ1n) is 16.2. The highest BCUT2D eigenvalue weighted by molar-refractivity contribution is 9.10. The molecule has 0 fully saturated rings. The van der Waals surface area contributed by atoms with Crippen LogP contribution < -0.4 is 14.6 Å². The molecule has 1 atom stereocenters. The molecule has 3 aliphatic rings. The van der Waals surface area contributed by atoms with Crippen LogP contribution in [-0.2, 0) is 9.98 Å². The first-order valence-corrected chi connectivity index (χ1v) is 18.6. The Hall–Kier alpha value is -5.15. The van der Waals surface area contributed by atoms with Gasteiger partial charge in [-0.3, -0.25) is 13.9 Å². The van der Waals surface area contributed by atoms with Gasteiger partial charge in [0.05, 0.1) is 22.1 Å². The molecule has 1 aliphatic heterocycles. The van der Waals surface area contributed by atoms with Gasteiger partial charge in [0.2, 0.25) is 0 Å². The normalized spacial score (nSPS) is 17.5. The van der Waals surface area contributed by atoms with E-state index in [2.05, 4.69) is 153 Å². The molecule has 1 unspecified atom stereocenters. The predicted molar refractivity (Wildman–Crippen MR) is 201 cm³/mol. The van der Waals surface area contributed by atoms with Crippen LogP contribution in [0, 0.1) is 0 Å². The number of nitrogens with zero attached hydrogens (tertiary/aromatic N) is 2. The van der Waals surface area contributed by atoms with Crippen molar-refractivity contribution in [3.63, 3.8) is 0 Å². The van der Waals surface area contributed by atoms with Crippen LogP contribution in [0.5, 0.6) is 0 Å². The molecule has 0 saturated heterocycles. The average molecular weight is 700 g/mol. The molecule has 0 radical (unpaired) electrons. The summed E-state index contributed by atoms with van der Waals surface area (Å²) < 4.78 is 21.7. The van der Waals surface area contributed by atoms with Crippen molar-refractivity contribution in [2.45, 2.75) is 5.41 Å². The lowest BCUT2D eigenvalue weighted by atomic mass is 9.70. The topological polar surface area (TPSA) is 23.6 Å². The van der Waals surface area contributed by atoms with Gasteiger partial charge < -0.3 is 0 Å². The summed E-state index contributed by atoms with van der Waals surface area (Å²) in [5, 5.41) is 0.787. The fraction of sp³-hybridized carbons (Fsp3) is 0.0233. The number of benzene rings is 7. The third-order valence-electron chi connectivity index (χ3n) is 10.3. The molecule has 0 N–H and O–H groups in total. The Balaban J connectivity index is 1.31. The molecule has 0 amide bonds. The Labute approximate surface area is 288 Å². The van der Waals surface area contributed by atoms with E-state index in [0.717, 1.165) is 32.5 Å². The number of halogens is 1. The zero-order valence-corrected chi connectivity index (χ0v) is 28.3. The maximum absolute atomic E-state index is 16.7. The van der Waals surface area contributed by atoms with Crippen LogP contribution in [0.2, 0.25) is 0 Å². The number of anilines is 4. The van der Waals surface area contributed by atoms with Crippen molar-refractivity contribution >= 4 is 51.4 Å². The van der Waals surface area contributed by atoms with E-state index in [9.17, 15) is 0 Å². The summed E-state index contributed by atoms with van der Waals surface area (Å²) in [7, 11) is -3.60. The summed E-state index contributed by atoms with van der Waals surface area (Å²) in [6, 6.07) is 59.5. The van der Waals surface area contributed by atoms with Crippen LogP contribution >= 0.6 is 23.4 Å². The van der Waals surface area contributed by atoms with Gasteiger partial charge in [-0.15, -0.1) is 0 Å². The molecule has 3 nitrogen and oxygen atoms in total. The first-order chi connectivity index (χ1) is 23.6. The van der Waals surface area contributed by atoms with Crippen molar-refractivity contribution in [2.75, 3.05) is 9.34 Å². The molecule has 228 valence electrons. The van der Waals surface area contributed by atoms with E-state index in [1.165, 1.54) is 44.5 Å². The van der Waals surface area contributed by atoms with Crippen molar-refractivity contribution in [3.8, 4) is 22.3 Å². The highest BCUT2D eigenvalue weighted by Crippen LogP contribution is 2.71. The molecule has 0 saturated carbocycles. The van der Waals surface area contributed by atoms with Gasteiger partial charge in [-0.1, -0.05) is 131 Å². The Bertz CT molecular complexity index is 2410. The van der Waals surface area contributed by atoms with E-state index in [1.54, 1.807) is 0 Å². The molecular formula is C43H28BrN2OP. The molecule has 7 aromatic carbocycles. The fourth-order valence-electron chi connectivity index (χ4n) is 8.45. The van der Waals surface area contributed by atoms with Gasteiger partial charge in [0.1, 0.15) is 0 Å². The molecule has 10 rings (SSSR count). The lowest BCUT2D eigenvalue weighted by Gasteiger charge is -2.35. The second-order valence-electron chi connectivity index (χ2n) is 12.6. The Kier molecular flexibility index (Phi) is 5.92. The molecule has 0 bridgehead atoms. The van der Waals surface area contributed by atoms with Crippen molar-refractivity contribution < 1.29 is 4.57 Å². The highest BCUT2D eigenvalue weighted by atomic mass is 79.9. The molecule has 7 aromatic rings. The number of para-hydroxylation sites is 2. The van der Waals surface area contributed by atoms with Crippen LogP contribution in [0.4, 0.5) is 22.7 Å². The summed E-state index contributed by atoms with van der Waals surface area (Å²) in [4.78, 5) is 0. The average Bonchev–Trinajstić information content (AvgIpc) is 3.71. The van der Waals surface area contributed by atoms with E-state index in [4.69, 9.17) is 0 Å². The Morgan fingerprint density at radius 1 is 0.438 bits per heavy atom. The monoisotopic (exact) mass is 698 g/mol. The molecule has 0 aromatic heterocycles. The lowest BCUT2D eigenvalue weighted by molar-refractivity contribution is 0.582. The number of rotatable bonds is 3. The van der Waals surface area contributed by atoms with Gasteiger partial charge in [-0.2, -0.15) is 0 Å². The van der Waals surface area contributed by atoms with Crippen molar-refractivity contribution in [1.29, 1.82) is 0 Å². The summed E-state index contributed by atoms with van der Waals surface area (Å²) in [5.41, 5.74) is 12.9. The highest BCUT2D eigenvalue weighted by Gasteiger charge is 2.54. The van der Waals surface area contributed by atoms with E-state index < -0.39 is 12.9 Å². The predicted octanol–water partition coefficient (Wildman–Crippen LogP) is 11.6. The molecule has 2 aliphatic carbocycles. The van der Waals surface area contributed by atoms with Crippen LogP contribution in [0.3, 0.4) is 0 Å². The van der Waals surface area contributed by atoms with Gasteiger partial charge in [0.25, 0.3) is 0 Å². The summed E-state index contributed by atoms with van der Waals surface area (Å²) >= 11 is 3.73. The third-order valence-corrected chi connectivity index (χ3v) is 13.7. The summed E-state index contributed by atoms with van der Waals surface area (Å²) in [6.07, 6.45) is 0. The van der Waals surface area contributed by atoms with Crippen LogP contribution in [-0.4, -0.2) is 0 Å². The van der Waals surface area contributed by atoms with Crippen molar-refractivity contribution in [3.05, 3.63) is 197 Å². The summed E-state index contributed by atoms with van der Waals surface area (Å²) in [5.74, 6) is 0. The smallest absolute Gasteiger partial charge is 0.270 e. The van der Waals surface area contributed by atoms with E-state index in [0.29, 0.717) is 0 Å². The third kappa shape index (κ3) is 3.52. The first kappa shape index (κ1) is 27.9. The fourth-order valence-corrected chi connectivity index (χ4v) is 11.8. The quantitative estimate of drug-likeness (QED) is 0.172. The van der Waals surface area contributed by atoms with E-state index >= 15 is 4.57 Å². The van der Waals surface area contributed by atoms with Crippen LogP contribution in [0.25, 0.3) is 22.3 Å². The molecule has 5 heteroatoms. The largest absolute Gasteiger partial charge is 0.301 e. The van der Waals surface area contributed by atoms with E-state index in [-0.39, 0.29) is 0 Å². The van der Waals surface area contributed by atoms with Gasteiger partial charge >= 0.3 is 7.44 Å². The Morgan fingerprint density at radius 2 is 0.896 bits per heavy atom. The molecule has 1 spiro atoms. The maximum atomic E-state index is 16.7. The zero-order chi connectivity index (χ0) is 32.0. The standard InChI is InChI=1S/C43H28BrN2OP/c44-29-23-26-41-42(27-29)46(31-15-5-2-6-16-31)48(47,45(41)30-13-3-1-4-14-30)32-24-25-36-35-19-9-12-22-39(35)43(40(36)28-32)37-20-10-7-17-33(37)34-18-8-11-21-38(34)43/h1-28H. The van der Waals surface area contributed by atoms with E-state index in [1.807, 2.05) is 42.5 Å². The SMILES string of the molecule is O=P1(c2ccc3c(c2)C2(c4ccccc4-c4ccccc42)c2ccccc2-3)N(c2ccccc2)c2ccc(Br)cc2N1c1ccccc1. The minimum Gasteiger partial charge on any atom is -0.270 e. The molecule has 48 heavy (non-hydrogen) atoms. The second kappa shape index (κ2) is 10.2. The maximum Gasteiger partial charge on any atom is 0.301 e. The molecular weight excluding hydrogens is 671 g/mol. The number of hydrogen-bond donors (Lipinski definition) is 0. The minimum atomic E-state index is -3.60. The Morgan fingerprint density at radius 3 is 1.44 bits per heavy atom. The van der Waals surface area contributed by atoms with Gasteiger partial charge in [-0.25, -0.2) is 0 Å². The van der Waals surface area contributed by atoms with Gasteiger partial charge in [-0.05, 0) is 99.1 Å². The second-order valence-corrected chi connectivity index (χ2v) is 15.9. The minimum absolute atomic E-state index is 0.529. The van der Waals surface area contributed by atoms with Gasteiger partial charge in [0.15, 0.2) is 0 Å². The lowest BCUT2D eigenvalue weighted by Crippen LogP contribution is -2.30. The van der Waals surface area contributed by atoms with Crippen LogP contribution in [0.1, 0.15) is 22.3 Å². The summed E-state index contributed by atoms with van der Waals surface area (Å²) in [6.45, 7) is 0. The zero-order valence-electron chi connectivity index (χ0n) is 25.8.